The molecule has 1 aliphatic heterocycles. The number of nitrogens with two attached hydrogens (primary N) is 1. The highest BCUT2D eigenvalue weighted by atomic mass is 79.9. The van der Waals surface area contributed by atoms with Gasteiger partial charge in [-0.2, -0.15) is 0 Å². The Morgan fingerprint density at radius 1 is 1.30 bits per heavy atom. The Kier molecular flexibility index (Phi) is 3.82. The lowest BCUT2D eigenvalue weighted by Crippen LogP contribution is -2.46. The lowest BCUT2D eigenvalue weighted by atomic mass is 9.77. The van der Waals surface area contributed by atoms with E-state index in [4.69, 9.17) is 22.9 Å². The fourth-order valence-corrected chi connectivity index (χ4v) is 3.92. The van der Waals surface area contributed by atoms with Crippen LogP contribution in [0.2, 0.25) is 0 Å². The molecule has 2 aliphatic rings. The van der Waals surface area contributed by atoms with Gasteiger partial charge in [-0.25, -0.2) is 4.99 Å². The SMILES string of the molecule is NC1=NC(c2cccc(Br)c2)(C2CCCCC2)NC1=S. The molecule has 5 heteroatoms. The van der Waals surface area contributed by atoms with Crippen LogP contribution in [-0.2, 0) is 5.66 Å². The largest absolute Gasteiger partial charge is 0.381 e. The molecule has 0 radical (unpaired) electrons. The van der Waals surface area contributed by atoms with Crippen LogP contribution >= 0.6 is 28.1 Å². The molecular formula is C15H18BrN3S. The Hall–Kier alpha value is -0.940. The number of aliphatic imine (C=N–C) groups is 1. The van der Waals surface area contributed by atoms with Crippen LogP contribution in [0.1, 0.15) is 37.7 Å². The Morgan fingerprint density at radius 2 is 2.05 bits per heavy atom. The van der Waals surface area contributed by atoms with E-state index < -0.39 is 5.66 Å². The third kappa shape index (κ3) is 2.37. The first-order valence-corrected chi connectivity index (χ1v) is 8.26. The van der Waals surface area contributed by atoms with Crippen molar-refractivity contribution in [3.8, 4) is 0 Å². The number of nitrogens with one attached hydrogen (secondary N) is 1. The fourth-order valence-electron chi connectivity index (χ4n) is 3.32. The average Bonchev–Trinajstić information content (AvgIpc) is 2.77. The molecule has 1 atom stereocenters. The Balaban J connectivity index is 2.06. The van der Waals surface area contributed by atoms with E-state index in [0.717, 1.165) is 10.0 Å². The van der Waals surface area contributed by atoms with Crippen LogP contribution in [0.15, 0.2) is 33.7 Å². The second-order valence-electron chi connectivity index (χ2n) is 5.56. The van der Waals surface area contributed by atoms with Gasteiger partial charge in [0, 0.05) is 16.0 Å². The summed E-state index contributed by atoms with van der Waals surface area (Å²) in [4.78, 5) is 5.34. The van der Waals surface area contributed by atoms with E-state index in [-0.39, 0.29) is 0 Å². The number of thiocarbonyl (C=S) groups is 1. The number of nitrogens with zero attached hydrogens (tertiary/aromatic N) is 1. The Morgan fingerprint density at radius 3 is 2.65 bits per heavy atom. The Bertz CT molecular complexity index is 566. The van der Waals surface area contributed by atoms with Crippen LogP contribution in [-0.4, -0.2) is 10.8 Å². The van der Waals surface area contributed by atoms with E-state index in [1.165, 1.54) is 32.1 Å². The van der Waals surface area contributed by atoms with E-state index in [1.54, 1.807) is 0 Å². The molecule has 1 fully saturated rings. The maximum atomic E-state index is 5.97. The number of benzene rings is 1. The number of halogens is 1. The van der Waals surface area contributed by atoms with Crippen molar-refractivity contribution in [2.24, 2.45) is 16.6 Å². The van der Waals surface area contributed by atoms with Gasteiger partial charge in [0.2, 0.25) is 0 Å². The van der Waals surface area contributed by atoms with Gasteiger partial charge in [-0.15, -0.1) is 0 Å². The summed E-state index contributed by atoms with van der Waals surface area (Å²) in [6.07, 6.45) is 6.15. The van der Waals surface area contributed by atoms with E-state index in [1.807, 2.05) is 12.1 Å². The van der Waals surface area contributed by atoms with Gasteiger partial charge in [0.25, 0.3) is 0 Å². The minimum Gasteiger partial charge on any atom is -0.381 e. The van der Waals surface area contributed by atoms with E-state index in [2.05, 4.69) is 33.4 Å². The summed E-state index contributed by atoms with van der Waals surface area (Å²) >= 11 is 8.86. The highest BCUT2D eigenvalue weighted by Crippen LogP contribution is 2.42. The van der Waals surface area contributed by atoms with Gasteiger partial charge in [0.05, 0.1) is 0 Å². The third-order valence-corrected chi connectivity index (χ3v) is 5.10. The minimum atomic E-state index is -0.467. The van der Waals surface area contributed by atoms with Gasteiger partial charge in [-0.1, -0.05) is 59.5 Å². The zero-order valence-corrected chi connectivity index (χ0v) is 13.6. The normalized spacial score (nSPS) is 27.2. The number of hydrogen-bond acceptors (Lipinski definition) is 3. The van der Waals surface area contributed by atoms with Gasteiger partial charge in [-0.05, 0) is 25.0 Å². The summed E-state index contributed by atoms with van der Waals surface area (Å²) in [5, 5.41) is 3.41. The first kappa shape index (κ1) is 14.0. The predicted octanol–water partition coefficient (Wildman–Crippen LogP) is 3.47. The highest BCUT2D eigenvalue weighted by molar-refractivity contribution is 9.10. The molecule has 0 saturated heterocycles. The van der Waals surface area contributed by atoms with Crippen LogP contribution in [0, 0.1) is 5.92 Å². The van der Waals surface area contributed by atoms with Crippen LogP contribution in [0.3, 0.4) is 0 Å². The third-order valence-electron chi connectivity index (χ3n) is 4.29. The molecule has 3 rings (SSSR count). The van der Waals surface area contributed by atoms with Gasteiger partial charge < -0.3 is 11.1 Å². The molecule has 0 aromatic heterocycles. The van der Waals surface area contributed by atoms with Gasteiger partial charge in [0.15, 0.2) is 11.5 Å². The number of rotatable bonds is 2. The highest BCUT2D eigenvalue weighted by Gasteiger charge is 2.45. The van der Waals surface area contributed by atoms with Crippen molar-refractivity contribution in [1.29, 1.82) is 0 Å². The quantitative estimate of drug-likeness (QED) is 0.802. The summed E-state index contributed by atoms with van der Waals surface area (Å²) in [7, 11) is 0. The summed E-state index contributed by atoms with van der Waals surface area (Å²) in [6, 6.07) is 8.29. The van der Waals surface area contributed by atoms with E-state index in [9.17, 15) is 0 Å². The zero-order valence-electron chi connectivity index (χ0n) is 11.2. The molecule has 20 heavy (non-hydrogen) atoms. The van der Waals surface area contributed by atoms with Crippen molar-refractivity contribution in [3.63, 3.8) is 0 Å². The summed E-state index contributed by atoms with van der Waals surface area (Å²) in [5.74, 6) is 0.912. The number of amidine groups is 1. The maximum Gasteiger partial charge on any atom is 0.161 e. The molecule has 1 unspecified atom stereocenters. The van der Waals surface area contributed by atoms with Gasteiger partial charge in [-0.3, -0.25) is 0 Å². The summed E-state index contributed by atoms with van der Waals surface area (Å²) in [5.41, 5.74) is 6.64. The molecule has 1 aromatic rings. The second kappa shape index (κ2) is 5.45. The van der Waals surface area contributed by atoms with Crippen molar-refractivity contribution in [3.05, 3.63) is 34.3 Å². The second-order valence-corrected chi connectivity index (χ2v) is 6.89. The minimum absolute atomic E-state index is 0.449. The summed E-state index contributed by atoms with van der Waals surface area (Å²) in [6.45, 7) is 0. The first-order chi connectivity index (χ1) is 9.62. The Labute approximate surface area is 133 Å². The van der Waals surface area contributed by atoms with Crippen molar-refractivity contribution in [2.75, 3.05) is 0 Å². The van der Waals surface area contributed by atoms with Gasteiger partial charge in [0.1, 0.15) is 4.99 Å². The van der Waals surface area contributed by atoms with Gasteiger partial charge >= 0.3 is 0 Å². The van der Waals surface area contributed by atoms with Crippen LogP contribution < -0.4 is 11.1 Å². The monoisotopic (exact) mass is 351 g/mol. The molecular weight excluding hydrogens is 334 g/mol. The molecule has 1 heterocycles. The molecule has 1 aliphatic carbocycles. The topological polar surface area (TPSA) is 50.4 Å². The average molecular weight is 352 g/mol. The van der Waals surface area contributed by atoms with Crippen molar-refractivity contribution >= 4 is 39.0 Å². The van der Waals surface area contributed by atoms with E-state index >= 15 is 0 Å². The molecule has 0 amide bonds. The molecule has 1 saturated carbocycles. The summed E-state index contributed by atoms with van der Waals surface area (Å²) < 4.78 is 1.05. The van der Waals surface area contributed by atoms with Crippen molar-refractivity contribution < 1.29 is 0 Å². The lowest BCUT2D eigenvalue weighted by Gasteiger charge is -2.38. The van der Waals surface area contributed by atoms with Crippen LogP contribution in [0.5, 0.6) is 0 Å². The molecule has 3 N–H and O–H groups in total. The predicted molar refractivity (Wildman–Crippen MR) is 89.8 cm³/mol. The molecule has 0 bridgehead atoms. The van der Waals surface area contributed by atoms with E-state index in [0.29, 0.717) is 16.7 Å². The molecule has 106 valence electrons. The van der Waals surface area contributed by atoms with Crippen LogP contribution in [0.4, 0.5) is 0 Å². The van der Waals surface area contributed by atoms with Crippen molar-refractivity contribution in [1.82, 2.24) is 5.32 Å². The maximum absolute atomic E-state index is 5.97. The van der Waals surface area contributed by atoms with Crippen LogP contribution in [0.25, 0.3) is 0 Å². The zero-order chi connectivity index (χ0) is 14.2. The molecule has 1 aromatic carbocycles. The number of hydrogen-bond donors (Lipinski definition) is 2. The lowest BCUT2D eigenvalue weighted by molar-refractivity contribution is 0.198. The molecule has 0 spiro atoms. The fraction of sp³-hybridized carbons (Fsp3) is 0.467. The smallest absolute Gasteiger partial charge is 0.161 e. The standard InChI is InChI=1S/C15H18BrN3S/c16-12-8-4-7-11(9-12)15(10-5-2-1-3-6-10)18-13(17)14(20)19-15/h4,7-10H,1-3,5-6H2,(H2,17,18)(H,19,20). The molecule has 3 nitrogen and oxygen atoms in total. The van der Waals surface area contributed by atoms with Crippen molar-refractivity contribution in [2.45, 2.75) is 37.8 Å². The first-order valence-electron chi connectivity index (χ1n) is 7.06.